The average molecular weight is 340 g/mol. The van der Waals surface area contributed by atoms with Gasteiger partial charge in [0.15, 0.2) is 0 Å². The summed E-state index contributed by atoms with van der Waals surface area (Å²) in [6.07, 6.45) is 8.25. The van der Waals surface area contributed by atoms with Gasteiger partial charge in [0.2, 0.25) is 5.91 Å². The highest BCUT2D eigenvalue weighted by atomic mass is 16.4. The number of benzene rings is 1. The first kappa shape index (κ1) is 16.6. The third-order valence-corrected chi connectivity index (χ3v) is 6.60. The molecule has 0 unspecified atom stereocenters. The zero-order chi connectivity index (χ0) is 17.4. The van der Waals surface area contributed by atoms with Crippen molar-refractivity contribution in [2.75, 3.05) is 0 Å². The highest BCUT2D eigenvalue weighted by Crippen LogP contribution is 2.61. The molecule has 0 radical (unpaired) electrons. The number of carboxylic acid groups (broad SMARTS) is 1. The van der Waals surface area contributed by atoms with Gasteiger partial charge in [-0.15, -0.1) is 0 Å². The molecule has 1 amide bonds. The number of carboxylic acids is 1. The molecular formula is C21H26NO3-. The Morgan fingerprint density at radius 1 is 1.04 bits per heavy atom. The van der Waals surface area contributed by atoms with E-state index in [4.69, 9.17) is 0 Å². The first-order chi connectivity index (χ1) is 12.0. The molecule has 5 rings (SSSR count). The maximum atomic E-state index is 12.6. The topological polar surface area (TPSA) is 69.2 Å². The lowest BCUT2D eigenvalue weighted by Crippen LogP contribution is -2.52. The second-order valence-corrected chi connectivity index (χ2v) is 8.72. The molecule has 1 N–H and O–H groups in total. The van der Waals surface area contributed by atoms with Crippen LogP contribution in [0.15, 0.2) is 30.3 Å². The van der Waals surface area contributed by atoms with Gasteiger partial charge in [-0.25, -0.2) is 0 Å². The summed E-state index contributed by atoms with van der Waals surface area (Å²) >= 11 is 0. The second-order valence-electron chi connectivity index (χ2n) is 8.72. The summed E-state index contributed by atoms with van der Waals surface area (Å²) in [6, 6.07) is 8.44. The van der Waals surface area contributed by atoms with Crippen molar-refractivity contribution in [2.45, 2.75) is 57.4 Å². The van der Waals surface area contributed by atoms with Crippen LogP contribution in [-0.4, -0.2) is 17.9 Å². The molecule has 0 heterocycles. The Bertz CT molecular complexity index is 619. The summed E-state index contributed by atoms with van der Waals surface area (Å²) in [5, 5.41) is 14.2. The molecule has 4 fully saturated rings. The Labute approximate surface area is 149 Å². The van der Waals surface area contributed by atoms with E-state index in [-0.39, 0.29) is 17.7 Å². The minimum absolute atomic E-state index is 0.118. The smallest absolute Gasteiger partial charge is 0.221 e. The van der Waals surface area contributed by atoms with Crippen molar-refractivity contribution in [3.05, 3.63) is 35.9 Å². The lowest BCUT2D eigenvalue weighted by Gasteiger charge is -2.56. The van der Waals surface area contributed by atoms with Crippen molar-refractivity contribution in [1.29, 1.82) is 0 Å². The van der Waals surface area contributed by atoms with Gasteiger partial charge in [-0.1, -0.05) is 30.3 Å². The van der Waals surface area contributed by atoms with E-state index in [1.54, 1.807) is 0 Å². The number of hydrogen-bond acceptors (Lipinski definition) is 3. The van der Waals surface area contributed by atoms with Crippen LogP contribution in [0.2, 0.25) is 0 Å². The van der Waals surface area contributed by atoms with Crippen LogP contribution >= 0.6 is 0 Å². The summed E-state index contributed by atoms with van der Waals surface area (Å²) in [5.41, 5.74) is 1.02. The molecule has 1 aromatic carbocycles. The van der Waals surface area contributed by atoms with Gasteiger partial charge >= 0.3 is 0 Å². The number of carbonyl (C=O) groups is 2. The van der Waals surface area contributed by atoms with Crippen molar-refractivity contribution in [1.82, 2.24) is 5.32 Å². The molecule has 4 saturated carbocycles. The van der Waals surface area contributed by atoms with Crippen molar-refractivity contribution in [3.8, 4) is 0 Å². The van der Waals surface area contributed by atoms with Crippen molar-refractivity contribution >= 4 is 11.9 Å². The summed E-state index contributed by atoms with van der Waals surface area (Å²) < 4.78 is 0. The zero-order valence-corrected chi connectivity index (χ0v) is 14.6. The van der Waals surface area contributed by atoms with Crippen LogP contribution in [0, 0.1) is 23.2 Å². The van der Waals surface area contributed by atoms with Crippen molar-refractivity contribution < 1.29 is 14.7 Å². The summed E-state index contributed by atoms with van der Waals surface area (Å²) in [4.78, 5) is 24.1. The highest BCUT2D eigenvalue weighted by Gasteiger charge is 2.51. The molecule has 0 aromatic heterocycles. The Morgan fingerprint density at radius 2 is 1.60 bits per heavy atom. The van der Waals surface area contributed by atoms with Gasteiger partial charge < -0.3 is 15.2 Å². The van der Waals surface area contributed by atoms with Crippen molar-refractivity contribution in [2.24, 2.45) is 23.2 Å². The van der Waals surface area contributed by atoms with Crippen LogP contribution in [0.1, 0.15) is 50.5 Å². The Hall–Kier alpha value is -1.84. The van der Waals surface area contributed by atoms with E-state index in [1.807, 2.05) is 30.3 Å². The van der Waals surface area contributed by atoms with Crippen LogP contribution in [0.4, 0.5) is 0 Å². The monoisotopic (exact) mass is 340 g/mol. The van der Waals surface area contributed by atoms with E-state index in [1.165, 1.54) is 19.3 Å². The zero-order valence-electron chi connectivity index (χ0n) is 14.6. The van der Waals surface area contributed by atoms with Gasteiger partial charge in [-0.2, -0.15) is 0 Å². The third kappa shape index (κ3) is 3.58. The molecular weight excluding hydrogens is 314 g/mol. The van der Waals surface area contributed by atoms with Gasteiger partial charge in [-0.05, 0) is 73.7 Å². The van der Waals surface area contributed by atoms with E-state index >= 15 is 0 Å². The van der Waals surface area contributed by atoms with E-state index in [2.05, 4.69) is 5.32 Å². The Kier molecular flexibility index (Phi) is 4.30. The molecule has 0 aliphatic heterocycles. The molecule has 134 valence electrons. The second kappa shape index (κ2) is 6.47. The van der Waals surface area contributed by atoms with Crippen molar-refractivity contribution in [3.63, 3.8) is 0 Å². The summed E-state index contributed by atoms with van der Waals surface area (Å²) in [7, 11) is 0. The number of aliphatic carboxylic acids is 1. The number of nitrogens with one attached hydrogen (secondary N) is 1. The number of amides is 1. The molecule has 1 atom stereocenters. The summed E-state index contributed by atoms with van der Waals surface area (Å²) in [6.45, 7) is 0. The normalized spacial score (nSPS) is 33.8. The minimum Gasteiger partial charge on any atom is -0.548 e. The minimum atomic E-state index is -1.21. The maximum absolute atomic E-state index is 12.6. The molecule has 0 spiro atoms. The van der Waals surface area contributed by atoms with Gasteiger partial charge in [0.1, 0.15) is 0 Å². The van der Waals surface area contributed by atoms with E-state index in [0.29, 0.717) is 6.42 Å². The molecule has 4 aliphatic rings. The average Bonchev–Trinajstić information content (AvgIpc) is 2.53. The van der Waals surface area contributed by atoms with E-state index in [9.17, 15) is 14.7 Å². The van der Waals surface area contributed by atoms with Crippen LogP contribution in [0.25, 0.3) is 0 Å². The van der Waals surface area contributed by atoms with Crippen LogP contribution in [-0.2, 0) is 16.0 Å². The van der Waals surface area contributed by atoms with Gasteiger partial charge in [0.05, 0.1) is 12.0 Å². The first-order valence-corrected chi connectivity index (χ1v) is 9.55. The highest BCUT2D eigenvalue weighted by molar-refractivity contribution is 5.83. The molecule has 1 aromatic rings. The summed E-state index contributed by atoms with van der Waals surface area (Å²) in [5.74, 6) is 1.05. The quantitative estimate of drug-likeness (QED) is 0.862. The molecule has 4 heteroatoms. The lowest BCUT2D eigenvalue weighted by molar-refractivity contribution is -0.308. The van der Waals surface area contributed by atoms with Gasteiger partial charge in [-0.3, -0.25) is 4.79 Å². The largest absolute Gasteiger partial charge is 0.548 e. The first-order valence-electron chi connectivity index (χ1n) is 9.55. The van der Waals surface area contributed by atoms with Crippen LogP contribution in [0.3, 0.4) is 0 Å². The van der Waals surface area contributed by atoms with Gasteiger partial charge in [0, 0.05) is 6.42 Å². The van der Waals surface area contributed by atoms with Crippen LogP contribution < -0.4 is 10.4 Å². The SMILES string of the molecule is O=C(CC12CC3CC(CC(C3)C1)C2)N[C@@H](Cc1ccccc1)C(=O)[O-]. The van der Waals surface area contributed by atoms with E-state index in [0.717, 1.165) is 42.6 Å². The fourth-order valence-electron chi connectivity index (χ4n) is 6.14. The fraction of sp³-hybridized carbons (Fsp3) is 0.619. The number of rotatable bonds is 6. The van der Waals surface area contributed by atoms with Crippen LogP contribution in [0.5, 0.6) is 0 Å². The molecule has 0 saturated heterocycles. The molecule has 4 bridgehead atoms. The predicted molar refractivity (Wildman–Crippen MR) is 92.3 cm³/mol. The standard InChI is InChI=1S/C21H27NO3/c23-19(22-18(20(24)25)9-14-4-2-1-3-5-14)13-21-10-15-6-16(11-21)8-17(7-15)12-21/h1-5,15-18H,6-13H2,(H,22,23)(H,24,25)/p-1/t15?,16?,17?,18-,21?/m0/s1. The van der Waals surface area contributed by atoms with E-state index < -0.39 is 12.0 Å². The molecule has 25 heavy (non-hydrogen) atoms. The van der Waals surface area contributed by atoms with Gasteiger partial charge in [0.25, 0.3) is 0 Å². The fourth-order valence-corrected chi connectivity index (χ4v) is 6.14. The predicted octanol–water partition coefficient (Wildman–Crippen LogP) is 2.07. The molecule has 4 aliphatic carbocycles. The molecule has 4 nitrogen and oxygen atoms in total. The lowest BCUT2D eigenvalue weighted by atomic mass is 9.49. The maximum Gasteiger partial charge on any atom is 0.221 e. The number of hydrogen-bond donors (Lipinski definition) is 1. The number of carbonyl (C=O) groups excluding carboxylic acids is 2. The Balaban J connectivity index is 1.39. The third-order valence-electron chi connectivity index (χ3n) is 6.60. The Morgan fingerprint density at radius 3 is 2.12 bits per heavy atom.